The first-order valence-electron chi connectivity index (χ1n) is 6.39. The molecule has 1 aliphatic rings. The minimum absolute atomic E-state index is 0.000309. The van der Waals surface area contributed by atoms with Crippen LogP contribution in [-0.4, -0.2) is 30.1 Å². The van der Waals surface area contributed by atoms with Crippen molar-refractivity contribution in [3.05, 3.63) is 33.3 Å². The fraction of sp³-hybridized carbons (Fsp3) is 0.462. The van der Waals surface area contributed by atoms with Crippen molar-refractivity contribution in [3.8, 4) is 0 Å². The molecule has 2 rings (SSSR count). The average molecular weight is 299 g/mol. The van der Waals surface area contributed by atoms with Gasteiger partial charge in [-0.1, -0.05) is 17.7 Å². The second-order valence-electron chi connectivity index (χ2n) is 4.53. The van der Waals surface area contributed by atoms with Crippen molar-refractivity contribution in [3.63, 3.8) is 0 Å². The zero-order chi connectivity index (χ0) is 14.7. The summed E-state index contributed by atoms with van der Waals surface area (Å²) in [4.78, 5) is 24.0. The Morgan fingerprint density at radius 3 is 2.80 bits per heavy atom. The van der Waals surface area contributed by atoms with Crippen LogP contribution < -0.4 is 4.90 Å². The van der Waals surface area contributed by atoms with E-state index in [0.29, 0.717) is 5.69 Å². The van der Waals surface area contributed by atoms with Crippen LogP contribution in [0.5, 0.6) is 0 Å². The first-order valence-corrected chi connectivity index (χ1v) is 6.77. The van der Waals surface area contributed by atoms with E-state index in [1.54, 1.807) is 24.0 Å². The SMILES string of the molecule is CCOC(=O)CN(c1cccc(Cl)c1[N+](=O)[O-])C1CC1. The lowest BCUT2D eigenvalue weighted by Gasteiger charge is -2.23. The van der Waals surface area contributed by atoms with Gasteiger partial charge in [0, 0.05) is 6.04 Å². The number of carbonyl (C=O) groups excluding carboxylic acids is 1. The maximum Gasteiger partial charge on any atom is 0.325 e. The molecular formula is C13H15ClN2O4. The van der Waals surface area contributed by atoms with Crippen molar-refractivity contribution in [2.45, 2.75) is 25.8 Å². The molecule has 0 heterocycles. The molecule has 1 aliphatic carbocycles. The molecular weight excluding hydrogens is 284 g/mol. The van der Waals surface area contributed by atoms with Crippen LogP contribution >= 0.6 is 11.6 Å². The van der Waals surface area contributed by atoms with Gasteiger partial charge in [-0.3, -0.25) is 14.9 Å². The second kappa shape index (κ2) is 6.09. The standard InChI is InChI=1S/C13H15ClN2O4/c1-2-20-12(17)8-15(9-6-7-9)11-5-3-4-10(14)13(11)16(18)19/h3-5,9H,2,6-8H2,1H3. The Kier molecular flexibility index (Phi) is 4.44. The average Bonchev–Trinajstić information content (AvgIpc) is 3.19. The first kappa shape index (κ1) is 14.6. The Bertz CT molecular complexity index is 531. The van der Waals surface area contributed by atoms with E-state index in [9.17, 15) is 14.9 Å². The van der Waals surface area contributed by atoms with Crippen molar-refractivity contribution in [2.75, 3.05) is 18.1 Å². The molecule has 0 saturated heterocycles. The number of nitro benzene ring substituents is 1. The van der Waals surface area contributed by atoms with Crippen LogP contribution in [0.4, 0.5) is 11.4 Å². The topological polar surface area (TPSA) is 72.7 Å². The summed E-state index contributed by atoms with van der Waals surface area (Å²) < 4.78 is 4.92. The molecule has 1 aromatic rings. The summed E-state index contributed by atoms with van der Waals surface area (Å²) in [6.07, 6.45) is 1.81. The maximum atomic E-state index is 11.7. The fourth-order valence-electron chi connectivity index (χ4n) is 2.06. The fourth-order valence-corrected chi connectivity index (χ4v) is 2.30. The van der Waals surface area contributed by atoms with Gasteiger partial charge < -0.3 is 9.64 Å². The van der Waals surface area contributed by atoms with Gasteiger partial charge in [0.25, 0.3) is 0 Å². The lowest BCUT2D eigenvalue weighted by Crippen LogP contribution is -2.33. The van der Waals surface area contributed by atoms with Crippen LogP contribution in [-0.2, 0) is 9.53 Å². The zero-order valence-corrected chi connectivity index (χ0v) is 11.8. The molecule has 0 unspecified atom stereocenters. The third-order valence-electron chi connectivity index (χ3n) is 3.05. The number of anilines is 1. The second-order valence-corrected chi connectivity index (χ2v) is 4.94. The molecule has 20 heavy (non-hydrogen) atoms. The van der Waals surface area contributed by atoms with Gasteiger partial charge in [0.15, 0.2) is 0 Å². The molecule has 0 atom stereocenters. The molecule has 0 bridgehead atoms. The summed E-state index contributed by atoms with van der Waals surface area (Å²) in [7, 11) is 0. The Morgan fingerprint density at radius 2 is 2.25 bits per heavy atom. The van der Waals surface area contributed by atoms with E-state index in [2.05, 4.69) is 0 Å². The summed E-state index contributed by atoms with van der Waals surface area (Å²) >= 11 is 5.91. The van der Waals surface area contributed by atoms with Gasteiger partial charge in [-0.05, 0) is 31.9 Å². The van der Waals surface area contributed by atoms with E-state index in [1.165, 1.54) is 6.07 Å². The number of benzene rings is 1. The Hall–Kier alpha value is -1.82. The maximum absolute atomic E-state index is 11.7. The summed E-state index contributed by atoms with van der Waals surface area (Å²) in [6.45, 7) is 2.01. The molecule has 0 aliphatic heterocycles. The molecule has 0 N–H and O–H groups in total. The van der Waals surface area contributed by atoms with Crippen LogP contribution in [0.15, 0.2) is 18.2 Å². The molecule has 1 aromatic carbocycles. The summed E-state index contributed by atoms with van der Waals surface area (Å²) in [5.74, 6) is -0.395. The van der Waals surface area contributed by atoms with Crippen LogP contribution in [0.25, 0.3) is 0 Å². The third kappa shape index (κ3) is 3.19. The third-order valence-corrected chi connectivity index (χ3v) is 3.35. The van der Waals surface area contributed by atoms with Crippen LogP contribution in [0.1, 0.15) is 19.8 Å². The van der Waals surface area contributed by atoms with Crippen molar-refractivity contribution in [1.29, 1.82) is 0 Å². The zero-order valence-electron chi connectivity index (χ0n) is 11.0. The monoisotopic (exact) mass is 298 g/mol. The van der Waals surface area contributed by atoms with Gasteiger partial charge in [-0.2, -0.15) is 0 Å². The smallest absolute Gasteiger partial charge is 0.325 e. The summed E-state index contributed by atoms with van der Waals surface area (Å²) in [6, 6.07) is 4.86. The number of esters is 1. The largest absolute Gasteiger partial charge is 0.465 e. The van der Waals surface area contributed by atoms with E-state index >= 15 is 0 Å². The Labute approximate surface area is 121 Å². The van der Waals surface area contributed by atoms with Gasteiger partial charge in [-0.15, -0.1) is 0 Å². The first-order chi connectivity index (χ1) is 9.54. The number of nitrogens with zero attached hydrogens (tertiary/aromatic N) is 2. The molecule has 0 spiro atoms. The number of para-hydroxylation sites is 1. The van der Waals surface area contributed by atoms with Gasteiger partial charge in [0.1, 0.15) is 17.3 Å². The Balaban J connectivity index is 2.32. The van der Waals surface area contributed by atoms with Crippen LogP contribution in [0.2, 0.25) is 5.02 Å². The number of halogens is 1. The highest BCUT2D eigenvalue weighted by atomic mass is 35.5. The molecule has 0 radical (unpaired) electrons. The van der Waals surface area contributed by atoms with Crippen LogP contribution in [0.3, 0.4) is 0 Å². The number of nitro groups is 1. The molecule has 0 aromatic heterocycles. The summed E-state index contributed by atoms with van der Waals surface area (Å²) in [5.41, 5.74) is 0.211. The predicted octanol–water partition coefficient (Wildman–Crippen LogP) is 2.78. The van der Waals surface area contributed by atoms with E-state index in [0.717, 1.165) is 12.8 Å². The van der Waals surface area contributed by atoms with Crippen molar-refractivity contribution in [1.82, 2.24) is 0 Å². The number of ether oxygens (including phenoxy) is 1. The number of hydrogen-bond acceptors (Lipinski definition) is 5. The quantitative estimate of drug-likeness (QED) is 0.459. The van der Waals surface area contributed by atoms with E-state index in [-0.39, 0.29) is 29.9 Å². The lowest BCUT2D eigenvalue weighted by atomic mass is 10.2. The van der Waals surface area contributed by atoms with E-state index < -0.39 is 10.9 Å². The highest BCUT2D eigenvalue weighted by molar-refractivity contribution is 6.33. The molecule has 1 saturated carbocycles. The molecule has 7 heteroatoms. The highest BCUT2D eigenvalue weighted by Gasteiger charge is 2.35. The van der Waals surface area contributed by atoms with Gasteiger partial charge in [0.05, 0.1) is 11.5 Å². The predicted molar refractivity (Wildman–Crippen MR) is 75.1 cm³/mol. The number of hydrogen-bond donors (Lipinski definition) is 0. The van der Waals surface area contributed by atoms with E-state index in [1.807, 2.05) is 0 Å². The minimum atomic E-state index is -0.516. The van der Waals surface area contributed by atoms with Gasteiger partial charge >= 0.3 is 11.7 Å². The van der Waals surface area contributed by atoms with Crippen molar-refractivity contribution >= 4 is 28.9 Å². The molecule has 6 nitrogen and oxygen atoms in total. The van der Waals surface area contributed by atoms with Crippen LogP contribution in [0, 0.1) is 10.1 Å². The number of carbonyl (C=O) groups is 1. The Morgan fingerprint density at radius 1 is 1.55 bits per heavy atom. The molecule has 0 amide bonds. The minimum Gasteiger partial charge on any atom is -0.465 e. The normalized spacial score (nSPS) is 13.9. The summed E-state index contributed by atoms with van der Waals surface area (Å²) in [5, 5.41) is 11.3. The molecule has 1 fully saturated rings. The van der Waals surface area contributed by atoms with Crippen molar-refractivity contribution < 1.29 is 14.5 Å². The highest BCUT2D eigenvalue weighted by Crippen LogP contribution is 2.40. The van der Waals surface area contributed by atoms with Crippen molar-refractivity contribution in [2.24, 2.45) is 0 Å². The van der Waals surface area contributed by atoms with Gasteiger partial charge in [-0.25, -0.2) is 0 Å². The molecule has 108 valence electrons. The van der Waals surface area contributed by atoms with Gasteiger partial charge in [0.2, 0.25) is 0 Å². The number of rotatable bonds is 6. The van der Waals surface area contributed by atoms with E-state index in [4.69, 9.17) is 16.3 Å². The lowest BCUT2D eigenvalue weighted by molar-refractivity contribution is -0.384.